The summed E-state index contributed by atoms with van der Waals surface area (Å²) in [6.45, 7) is 13.6. The minimum absolute atomic E-state index is 0.0264. The van der Waals surface area contributed by atoms with Crippen molar-refractivity contribution in [3.63, 3.8) is 0 Å². The Morgan fingerprint density at radius 1 is 0.301 bits per heavy atom. The molecule has 2 aliphatic rings. The van der Waals surface area contributed by atoms with E-state index in [4.69, 9.17) is 9.97 Å². The van der Waals surface area contributed by atoms with Crippen LogP contribution in [-0.4, -0.2) is 25.8 Å². The summed E-state index contributed by atoms with van der Waals surface area (Å²) < 4.78 is 5.21. The molecule has 2 aliphatic heterocycles. The summed E-state index contributed by atoms with van der Waals surface area (Å²) in [4.78, 5) is 10.8. The Labute approximate surface area is 485 Å². The van der Waals surface area contributed by atoms with Crippen LogP contribution in [0.3, 0.4) is 0 Å². The van der Waals surface area contributed by atoms with Gasteiger partial charge in [0.05, 0.1) is 22.4 Å². The van der Waals surface area contributed by atoms with Crippen LogP contribution < -0.4 is 16.4 Å². The number of rotatable bonds is 7. The molecule has 0 bridgehead atoms. The SMILES string of the molecule is CC(C)(C)c1ccc(-c2cc3c4c(c2)c2cc(-c5ccccc5)ccc2n4-c2cc(-c4cc(-c5ccccc5)nc(-c5ccccc5)n4)cc4c2B3c2cc(-c3ccc(C(C)(C)C)cc3)cc3c5cc(-c6ccccc6)ccc5n-4c23)cc1. The zero-order valence-corrected chi connectivity index (χ0v) is 47.5. The van der Waals surface area contributed by atoms with Crippen LogP contribution in [0.1, 0.15) is 52.7 Å². The van der Waals surface area contributed by atoms with Crippen molar-refractivity contribution in [3.05, 3.63) is 260 Å². The Balaban J connectivity index is 1.06. The zero-order valence-electron chi connectivity index (χ0n) is 47.5. The summed E-state index contributed by atoms with van der Waals surface area (Å²) in [5.74, 6) is 0.692. The van der Waals surface area contributed by atoms with E-state index in [1.807, 2.05) is 0 Å². The molecule has 14 aromatic rings. The summed E-state index contributed by atoms with van der Waals surface area (Å²) in [6, 6.07) is 92.7. The van der Waals surface area contributed by atoms with Crippen LogP contribution in [0.25, 0.3) is 133 Å². The van der Waals surface area contributed by atoms with Gasteiger partial charge in [0, 0.05) is 60.6 Å². The third kappa shape index (κ3) is 7.89. The first kappa shape index (κ1) is 49.0. The Morgan fingerprint density at radius 3 is 1.08 bits per heavy atom. The first-order valence-corrected chi connectivity index (χ1v) is 29.2. The molecule has 0 saturated heterocycles. The molecule has 0 radical (unpaired) electrons. The Hall–Kier alpha value is -9.84. The monoisotopic (exact) mass is 1060 g/mol. The lowest BCUT2D eigenvalue weighted by Gasteiger charge is -2.34. The number of hydrogen-bond donors (Lipinski definition) is 0. The molecule has 16 rings (SSSR count). The van der Waals surface area contributed by atoms with Crippen LogP contribution in [-0.2, 0) is 10.8 Å². The average Bonchev–Trinajstić information content (AvgIpc) is 3.54. The van der Waals surface area contributed by atoms with Crippen LogP contribution in [0.15, 0.2) is 249 Å². The summed E-state index contributed by atoms with van der Waals surface area (Å²) >= 11 is 0. The van der Waals surface area contributed by atoms with E-state index in [9.17, 15) is 0 Å². The number of nitrogens with zero attached hydrogens (tertiary/aromatic N) is 4. The highest BCUT2D eigenvalue weighted by Gasteiger charge is 2.42. The van der Waals surface area contributed by atoms with Crippen LogP contribution >= 0.6 is 0 Å². The van der Waals surface area contributed by atoms with Crippen molar-refractivity contribution in [2.75, 3.05) is 0 Å². The fraction of sp³-hybridized carbons (Fsp3) is 0.103. The van der Waals surface area contributed by atoms with Crippen LogP contribution in [0.2, 0.25) is 0 Å². The topological polar surface area (TPSA) is 35.6 Å². The maximum atomic E-state index is 5.54. The molecule has 0 amide bonds. The van der Waals surface area contributed by atoms with Crippen molar-refractivity contribution in [3.8, 4) is 89.8 Å². The molecule has 0 saturated carbocycles. The largest absolute Gasteiger partial charge is 0.310 e. The molecule has 394 valence electrons. The van der Waals surface area contributed by atoms with Crippen LogP contribution in [0, 0.1) is 0 Å². The lowest BCUT2D eigenvalue weighted by molar-refractivity contribution is 0.590. The Kier molecular flexibility index (Phi) is 10.8. The normalized spacial score (nSPS) is 12.7. The molecule has 0 N–H and O–H groups in total. The molecule has 0 unspecified atom stereocenters. The average molecular weight is 1060 g/mol. The summed E-state index contributed by atoms with van der Waals surface area (Å²) in [6.07, 6.45) is 0. The van der Waals surface area contributed by atoms with E-state index in [-0.39, 0.29) is 17.5 Å². The second-order valence-corrected chi connectivity index (χ2v) is 25.0. The van der Waals surface area contributed by atoms with Crippen molar-refractivity contribution in [1.82, 2.24) is 19.1 Å². The minimum atomic E-state index is -0.136. The van der Waals surface area contributed by atoms with Crippen molar-refractivity contribution in [1.29, 1.82) is 0 Å². The van der Waals surface area contributed by atoms with Gasteiger partial charge in [-0.15, -0.1) is 0 Å². The second kappa shape index (κ2) is 18.3. The molecular formula is C78H59BN4. The molecule has 83 heavy (non-hydrogen) atoms. The number of aromatic nitrogens is 4. The third-order valence-corrected chi connectivity index (χ3v) is 17.8. The number of hydrogen-bond acceptors (Lipinski definition) is 2. The molecule has 3 aromatic heterocycles. The second-order valence-electron chi connectivity index (χ2n) is 25.0. The molecular weight excluding hydrogens is 1000 g/mol. The zero-order chi connectivity index (χ0) is 55.9. The van der Waals surface area contributed by atoms with E-state index in [1.54, 1.807) is 0 Å². The molecule has 4 nitrogen and oxygen atoms in total. The molecule has 0 fully saturated rings. The maximum Gasteiger partial charge on any atom is 0.252 e. The highest BCUT2D eigenvalue weighted by atomic mass is 15.0. The Morgan fingerprint density at radius 2 is 0.663 bits per heavy atom. The van der Waals surface area contributed by atoms with Gasteiger partial charge in [-0.3, -0.25) is 0 Å². The molecule has 0 aliphatic carbocycles. The molecule has 0 atom stereocenters. The summed E-state index contributed by atoms with van der Waals surface area (Å²) in [5, 5.41) is 4.94. The quantitative estimate of drug-likeness (QED) is 0.149. The van der Waals surface area contributed by atoms with Gasteiger partial charge in [0.2, 0.25) is 0 Å². The third-order valence-electron chi connectivity index (χ3n) is 17.8. The van der Waals surface area contributed by atoms with Gasteiger partial charge in [-0.05, 0) is 137 Å². The van der Waals surface area contributed by atoms with E-state index in [0.29, 0.717) is 5.82 Å². The van der Waals surface area contributed by atoms with Gasteiger partial charge >= 0.3 is 0 Å². The standard InChI is InChI=1S/C78H59BN4/c1-77(2,3)59-33-27-50(28-34-59)56-41-63-61-39-54(48-19-11-7-12-20-48)31-37-69(61)82-71-45-58(68-47-67(52-23-15-9-16-24-52)80-76(81-68)53-25-17-10-18-26-53)46-72-73(71)79(65(43-56)74(63)82)66-44-57(51-29-35-60(36-30-51)78(4,5)6)42-64-62-40-55(49-21-13-8-14-22-49)32-38-70(62)83(72)75(64)66/h7-47H,1-6H3. The highest BCUT2D eigenvalue weighted by molar-refractivity contribution is 7.00. The van der Waals surface area contributed by atoms with E-state index >= 15 is 0 Å². The molecule has 11 aromatic carbocycles. The first-order chi connectivity index (χ1) is 40.4. The lowest BCUT2D eigenvalue weighted by atomic mass is 9.34. The predicted octanol–water partition coefficient (Wildman–Crippen LogP) is 18.1. The van der Waals surface area contributed by atoms with Crippen LogP contribution in [0.5, 0.6) is 0 Å². The van der Waals surface area contributed by atoms with Gasteiger partial charge in [0.25, 0.3) is 6.71 Å². The van der Waals surface area contributed by atoms with Gasteiger partial charge < -0.3 is 9.13 Å². The van der Waals surface area contributed by atoms with Crippen molar-refractivity contribution in [2.45, 2.75) is 52.4 Å². The molecule has 5 heterocycles. The van der Waals surface area contributed by atoms with Crippen molar-refractivity contribution < 1.29 is 0 Å². The summed E-state index contributed by atoms with van der Waals surface area (Å²) in [7, 11) is 0. The van der Waals surface area contributed by atoms with E-state index < -0.39 is 0 Å². The van der Waals surface area contributed by atoms with Crippen molar-refractivity contribution >= 4 is 66.7 Å². The highest BCUT2D eigenvalue weighted by Crippen LogP contribution is 2.45. The first-order valence-electron chi connectivity index (χ1n) is 29.2. The van der Waals surface area contributed by atoms with Gasteiger partial charge in [-0.2, -0.15) is 0 Å². The Bertz CT molecular complexity index is 4620. The summed E-state index contributed by atoms with van der Waals surface area (Å²) in [5.41, 5.74) is 28.2. The van der Waals surface area contributed by atoms with E-state index in [0.717, 1.165) is 39.5 Å². The molecule has 5 heteroatoms. The smallest absolute Gasteiger partial charge is 0.252 e. The van der Waals surface area contributed by atoms with Gasteiger partial charge in [0.1, 0.15) is 0 Å². The van der Waals surface area contributed by atoms with Crippen molar-refractivity contribution in [2.24, 2.45) is 0 Å². The number of fused-ring (bicyclic) bond motifs is 10. The minimum Gasteiger partial charge on any atom is -0.310 e. The maximum absolute atomic E-state index is 5.54. The molecule has 0 spiro atoms. The fourth-order valence-electron chi connectivity index (χ4n) is 13.6. The van der Waals surface area contributed by atoms with Gasteiger partial charge in [-0.25, -0.2) is 9.97 Å². The number of benzene rings is 11. The fourth-order valence-corrected chi connectivity index (χ4v) is 13.6. The van der Waals surface area contributed by atoms with Crippen LogP contribution in [0.4, 0.5) is 0 Å². The van der Waals surface area contributed by atoms with Gasteiger partial charge in [0.15, 0.2) is 5.82 Å². The predicted molar refractivity (Wildman–Crippen MR) is 351 cm³/mol. The van der Waals surface area contributed by atoms with E-state index in [2.05, 4.69) is 299 Å². The van der Waals surface area contributed by atoms with E-state index in [1.165, 1.54) is 116 Å². The van der Waals surface area contributed by atoms with Gasteiger partial charge in [-0.1, -0.05) is 236 Å². The lowest BCUT2D eigenvalue weighted by Crippen LogP contribution is -2.59.